The zero-order valence-electron chi connectivity index (χ0n) is 18.3. The van der Waals surface area contributed by atoms with Crippen LogP contribution in [0.1, 0.15) is 31.8 Å². The molecule has 0 saturated heterocycles. The minimum absolute atomic E-state index is 0.153. The monoisotopic (exact) mass is 515 g/mol. The minimum atomic E-state index is -3.98. The van der Waals surface area contributed by atoms with Crippen molar-refractivity contribution >= 4 is 53.0 Å². The molecule has 180 valence electrons. The van der Waals surface area contributed by atoms with Crippen LogP contribution in [0.3, 0.4) is 0 Å². The molecule has 13 heteroatoms. The number of nitrogens with one attached hydrogen (secondary N) is 1. The molecule has 0 unspecified atom stereocenters. The average molecular weight is 516 g/mol. The van der Waals surface area contributed by atoms with Gasteiger partial charge in [-0.15, -0.1) is 0 Å². The first kappa shape index (κ1) is 25.7. The normalized spacial score (nSPS) is 15.1. The third kappa shape index (κ3) is 4.85. The molecule has 2 aromatic rings. The summed E-state index contributed by atoms with van der Waals surface area (Å²) in [5.41, 5.74) is 8.89. The van der Waals surface area contributed by atoms with E-state index in [1.54, 1.807) is 24.3 Å². The molecule has 0 aromatic heterocycles. The number of Topliss-reactive ketones (excluding diaryl/α,β-unsaturated/α-hetero) is 2. The first-order chi connectivity index (χ1) is 16.5. The number of rotatable bonds is 4. The van der Waals surface area contributed by atoms with Gasteiger partial charge in [-0.3, -0.25) is 23.4 Å². The Morgan fingerprint density at radius 2 is 1.11 bits per heavy atom. The summed E-state index contributed by atoms with van der Waals surface area (Å²) in [6, 6.07) is 12.4. The maximum atomic E-state index is 11.8. The molecule has 0 heterocycles. The summed E-state index contributed by atoms with van der Waals surface area (Å²) in [4.78, 5) is 26.0. The Morgan fingerprint density at radius 3 is 1.54 bits per heavy atom. The highest BCUT2D eigenvalue weighted by molar-refractivity contribution is 7.96. The van der Waals surface area contributed by atoms with Gasteiger partial charge >= 0.3 is 5.71 Å². The van der Waals surface area contributed by atoms with Gasteiger partial charge in [0.15, 0.2) is 0 Å². The first-order valence-electron chi connectivity index (χ1n) is 9.62. The van der Waals surface area contributed by atoms with Gasteiger partial charge in [-0.25, -0.2) is 0 Å². The molecule has 2 aromatic carbocycles. The van der Waals surface area contributed by atoms with Crippen molar-refractivity contribution in [3.63, 3.8) is 0 Å². The van der Waals surface area contributed by atoms with Gasteiger partial charge < -0.3 is 5.53 Å². The quantitative estimate of drug-likeness (QED) is 0.365. The number of carbonyl (C=O) groups excluding carboxylic acids is 2. The molecule has 4 rings (SSSR count). The van der Waals surface area contributed by atoms with Gasteiger partial charge in [0.2, 0.25) is 5.78 Å². The SMILES string of the molecule is COS(=O)(=O)C1=CC(=N)C(=O)c2ccccc21.COS(=O)(=O)C1=CC(=[N+]=[N-])C(=O)c2ccccc21. The van der Waals surface area contributed by atoms with E-state index in [1.807, 2.05) is 0 Å². The number of nitrogens with zero attached hydrogens (tertiary/aromatic N) is 2. The lowest BCUT2D eigenvalue weighted by Gasteiger charge is -2.16. The van der Waals surface area contributed by atoms with Crippen molar-refractivity contribution in [3.8, 4) is 0 Å². The Hall–Kier alpha value is -3.87. The lowest BCUT2D eigenvalue weighted by Crippen LogP contribution is -2.22. The Bertz CT molecular complexity index is 1600. The van der Waals surface area contributed by atoms with Crippen LogP contribution >= 0.6 is 0 Å². The van der Waals surface area contributed by atoms with Gasteiger partial charge in [-0.05, 0) is 6.08 Å². The predicted octanol–water partition coefficient (Wildman–Crippen LogP) is 2.09. The lowest BCUT2D eigenvalue weighted by atomic mass is 9.95. The second kappa shape index (κ2) is 9.78. The predicted molar refractivity (Wildman–Crippen MR) is 126 cm³/mol. The van der Waals surface area contributed by atoms with E-state index in [-0.39, 0.29) is 43.5 Å². The standard InChI is InChI=1S/C11H8N2O4S.C11H9NO4S/c1-17-18(15,16)10-6-9(13-12)11(14)8-5-3-2-4-7(8)10;1-16-17(14,15)10-6-9(12)11(13)8-5-3-2-4-7(8)10/h2-6H,1H3;2-6,12H,1H3. The minimum Gasteiger partial charge on any atom is -0.361 e. The molecule has 0 bridgehead atoms. The van der Waals surface area contributed by atoms with Crippen molar-refractivity contribution in [2.75, 3.05) is 14.2 Å². The fourth-order valence-electron chi connectivity index (χ4n) is 3.28. The van der Waals surface area contributed by atoms with E-state index in [0.29, 0.717) is 0 Å². The molecule has 0 fully saturated rings. The number of allylic oxidation sites excluding steroid dienone is 2. The van der Waals surface area contributed by atoms with E-state index in [2.05, 4.69) is 13.2 Å². The van der Waals surface area contributed by atoms with E-state index in [1.165, 1.54) is 24.3 Å². The third-order valence-electron chi connectivity index (χ3n) is 4.98. The molecule has 0 amide bonds. The van der Waals surface area contributed by atoms with Gasteiger partial charge in [-0.1, -0.05) is 48.5 Å². The smallest absolute Gasteiger partial charge is 0.361 e. The summed E-state index contributed by atoms with van der Waals surface area (Å²) in [5, 5.41) is 7.47. The van der Waals surface area contributed by atoms with E-state index in [0.717, 1.165) is 26.4 Å². The summed E-state index contributed by atoms with van der Waals surface area (Å²) in [5.74, 6) is -1.03. The van der Waals surface area contributed by atoms with Crippen LogP contribution in [0.15, 0.2) is 60.7 Å². The van der Waals surface area contributed by atoms with E-state index >= 15 is 0 Å². The fraction of sp³-hybridized carbons (Fsp3) is 0.0909. The molecule has 0 saturated carbocycles. The van der Waals surface area contributed by atoms with Crippen molar-refractivity contribution in [2.24, 2.45) is 0 Å². The Morgan fingerprint density at radius 1 is 0.714 bits per heavy atom. The van der Waals surface area contributed by atoms with Gasteiger partial charge in [0, 0.05) is 22.3 Å². The topological polar surface area (TPSA) is 181 Å². The van der Waals surface area contributed by atoms with Crippen LogP contribution in [0.4, 0.5) is 0 Å². The van der Waals surface area contributed by atoms with E-state index in [4.69, 9.17) is 10.9 Å². The van der Waals surface area contributed by atoms with E-state index < -0.39 is 31.8 Å². The zero-order valence-corrected chi connectivity index (χ0v) is 19.9. The molecule has 11 nitrogen and oxygen atoms in total. The summed E-state index contributed by atoms with van der Waals surface area (Å²) >= 11 is 0. The third-order valence-corrected chi connectivity index (χ3v) is 7.61. The number of hydrogen-bond donors (Lipinski definition) is 1. The van der Waals surface area contributed by atoms with Crippen LogP contribution in [0, 0.1) is 5.41 Å². The van der Waals surface area contributed by atoms with Crippen molar-refractivity contribution in [3.05, 3.63) is 88.5 Å². The van der Waals surface area contributed by atoms with Gasteiger partial charge in [0.25, 0.3) is 26.0 Å². The molecular weight excluding hydrogens is 498 g/mol. The summed E-state index contributed by atoms with van der Waals surface area (Å²) in [6.45, 7) is 0. The van der Waals surface area contributed by atoms with Crippen molar-refractivity contribution < 1.29 is 39.6 Å². The fourth-order valence-corrected chi connectivity index (χ4v) is 5.06. The first-order valence-corrected chi connectivity index (χ1v) is 12.4. The number of fused-ring (bicyclic) bond motifs is 2. The van der Waals surface area contributed by atoms with Crippen molar-refractivity contribution in [2.45, 2.75) is 0 Å². The molecule has 0 spiro atoms. The van der Waals surface area contributed by atoms with Crippen LogP contribution < -0.4 is 0 Å². The molecule has 2 aliphatic rings. The molecule has 0 radical (unpaired) electrons. The van der Waals surface area contributed by atoms with Crippen LogP contribution in [-0.4, -0.2) is 58.8 Å². The summed E-state index contributed by atoms with van der Waals surface area (Å²) in [7, 11) is -5.85. The highest BCUT2D eigenvalue weighted by Crippen LogP contribution is 2.30. The summed E-state index contributed by atoms with van der Waals surface area (Å²) in [6.07, 6.45) is 2.01. The Balaban J connectivity index is 0.000000196. The second-order valence-corrected chi connectivity index (χ2v) is 10.3. The van der Waals surface area contributed by atoms with Crippen LogP contribution in [0.5, 0.6) is 0 Å². The summed E-state index contributed by atoms with van der Waals surface area (Å²) < 4.78 is 55.7. The number of carbonyl (C=O) groups is 2. The van der Waals surface area contributed by atoms with Crippen molar-refractivity contribution in [1.29, 1.82) is 5.41 Å². The average Bonchev–Trinajstić information content (AvgIpc) is 2.86. The number of hydrogen-bond acceptors (Lipinski definition) is 9. The van der Waals surface area contributed by atoms with Crippen LogP contribution in [0.25, 0.3) is 15.3 Å². The van der Waals surface area contributed by atoms with Crippen LogP contribution in [-0.2, 0) is 28.6 Å². The van der Waals surface area contributed by atoms with Gasteiger partial charge in [0.1, 0.15) is 15.5 Å². The number of benzene rings is 2. The largest absolute Gasteiger partial charge is 0.364 e. The highest BCUT2D eigenvalue weighted by Gasteiger charge is 2.35. The lowest BCUT2D eigenvalue weighted by molar-refractivity contribution is -0.00438. The second-order valence-electron chi connectivity index (χ2n) is 6.91. The van der Waals surface area contributed by atoms with Gasteiger partial charge in [-0.2, -0.15) is 21.6 Å². The Kier molecular flexibility index (Phi) is 7.19. The maximum absolute atomic E-state index is 11.8. The van der Waals surface area contributed by atoms with Gasteiger partial charge in [0.05, 0.1) is 20.3 Å². The molecule has 1 N–H and O–H groups in total. The number of ketones is 2. The van der Waals surface area contributed by atoms with Crippen molar-refractivity contribution in [1.82, 2.24) is 0 Å². The molecule has 0 aliphatic heterocycles. The molecule has 2 aliphatic carbocycles. The molecule has 0 atom stereocenters. The zero-order chi connectivity index (χ0) is 26.0. The van der Waals surface area contributed by atoms with Crippen LogP contribution in [0.2, 0.25) is 0 Å². The maximum Gasteiger partial charge on any atom is 0.364 e. The highest BCUT2D eigenvalue weighted by atomic mass is 32.2. The molecular formula is C22H17N3O8S2. The van der Waals surface area contributed by atoms with E-state index in [9.17, 15) is 26.4 Å². The molecule has 35 heavy (non-hydrogen) atoms. The Labute approximate surface area is 200 Å².